The number of fused-ring (bicyclic) bond motifs is 1. The van der Waals surface area contributed by atoms with Crippen molar-refractivity contribution in [3.63, 3.8) is 0 Å². The number of likely N-dealkylation sites (tertiary alicyclic amines) is 1. The van der Waals surface area contributed by atoms with Gasteiger partial charge in [0.05, 0.1) is 37.9 Å². The normalized spacial score (nSPS) is 17.8. The van der Waals surface area contributed by atoms with Gasteiger partial charge in [-0.05, 0) is 31.0 Å². The number of nitrogens with zero attached hydrogens (tertiary/aromatic N) is 6. The number of benzene rings is 1. The van der Waals surface area contributed by atoms with Gasteiger partial charge in [0.1, 0.15) is 17.9 Å². The van der Waals surface area contributed by atoms with E-state index in [1.807, 2.05) is 34.0 Å². The zero-order valence-corrected chi connectivity index (χ0v) is 17.6. The summed E-state index contributed by atoms with van der Waals surface area (Å²) >= 11 is 0. The lowest BCUT2D eigenvalue weighted by Gasteiger charge is -2.32. The minimum atomic E-state index is 0.0413. The van der Waals surface area contributed by atoms with Crippen LogP contribution in [0.2, 0.25) is 0 Å². The Morgan fingerprint density at radius 1 is 1.13 bits per heavy atom. The Hall–Kier alpha value is -3.20. The SMILES string of the molecule is COc1cccc(C(=O)N2CCC(n3ncc4c(N5CCOCC5)ncnc43)CC2)c1. The van der Waals surface area contributed by atoms with Crippen LogP contribution in [0.1, 0.15) is 29.2 Å². The number of aromatic nitrogens is 4. The second-order valence-electron chi connectivity index (χ2n) is 7.88. The first-order valence-corrected chi connectivity index (χ1v) is 10.7. The van der Waals surface area contributed by atoms with Crippen LogP contribution < -0.4 is 9.64 Å². The molecular formula is C22H26N6O3. The topological polar surface area (TPSA) is 85.6 Å². The van der Waals surface area contributed by atoms with E-state index in [-0.39, 0.29) is 11.9 Å². The number of piperidine rings is 1. The number of ether oxygens (including phenoxy) is 2. The molecule has 0 spiro atoms. The maximum Gasteiger partial charge on any atom is 0.253 e. The molecule has 3 aromatic rings. The van der Waals surface area contributed by atoms with E-state index < -0.39 is 0 Å². The van der Waals surface area contributed by atoms with Gasteiger partial charge in [0.2, 0.25) is 0 Å². The molecule has 5 rings (SSSR count). The number of hydrogen-bond acceptors (Lipinski definition) is 7. The number of rotatable bonds is 4. The van der Waals surface area contributed by atoms with Crippen LogP contribution in [0.3, 0.4) is 0 Å². The number of morpholine rings is 1. The highest BCUT2D eigenvalue weighted by Gasteiger charge is 2.27. The number of amides is 1. The molecule has 0 aliphatic carbocycles. The first kappa shape index (κ1) is 19.7. The third-order valence-corrected chi connectivity index (χ3v) is 6.09. The Morgan fingerprint density at radius 3 is 2.71 bits per heavy atom. The van der Waals surface area contributed by atoms with E-state index in [0.717, 1.165) is 42.8 Å². The van der Waals surface area contributed by atoms with Crippen LogP contribution >= 0.6 is 0 Å². The van der Waals surface area contributed by atoms with Gasteiger partial charge in [-0.15, -0.1) is 0 Å². The predicted molar refractivity (Wildman–Crippen MR) is 116 cm³/mol. The van der Waals surface area contributed by atoms with Gasteiger partial charge in [-0.1, -0.05) is 6.07 Å². The van der Waals surface area contributed by atoms with Crippen molar-refractivity contribution in [1.29, 1.82) is 0 Å². The van der Waals surface area contributed by atoms with Gasteiger partial charge >= 0.3 is 0 Å². The molecule has 1 aromatic carbocycles. The molecule has 2 fully saturated rings. The lowest BCUT2D eigenvalue weighted by atomic mass is 10.0. The number of anilines is 1. The van der Waals surface area contributed by atoms with Crippen LogP contribution in [0.15, 0.2) is 36.8 Å². The van der Waals surface area contributed by atoms with Crippen molar-refractivity contribution < 1.29 is 14.3 Å². The molecule has 9 nitrogen and oxygen atoms in total. The Kier molecular flexibility index (Phi) is 5.42. The van der Waals surface area contributed by atoms with E-state index in [0.29, 0.717) is 37.6 Å². The number of carbonyl (C=O) groups is 1. The standard InChI is InChI=1S/C22H26N6O3/c1-30-18-4-2-3-16(13-18)22(29)27-7-5-17(6-8-27)28-21-19(14-25-28)20(23-15-24-21)26-9-11-31-12-10-26/h2-4,13-15,17H,5-12H2,1H3. The molecule has 0 radical (unpaired) electrons. The van der Waals surface area contributed by atoms with Gasteiger partial charge < -0.3 is 19.3 Å². The molecule has 2 aliphatic heterocycles. The summed E-state index contributed by atoms with van der Waals surface area (Å²) in [7, 11) is 1.61. The zero-order chi connectivity index (χ0) is 21.2. The molecule has 0 saturated carbocycles. The Bertz CT molecular complexity index is 1070. The molecule has 31 heavy (non-hydrogen) atoms. The molecule has 2 aliphatic rings. The van der Waals surface area contributed by atoms with Crippen LogP contribution in [0, 0.1) is 0 Å². The summed E-state index contributed by atoms with van der Waals surface area (Å²) < 4.78 is 12.7. The maximum absolute atomic E-state index is 12.9. The second kappa shape index (κ2) is 8.50. The molecule has 162 valence electrons. The summed E-state index contributed by atoms with van der Waals surface area (Å²) in [5.41, 5.74) is 1.51. The van der Waals surface area contributed by atoms with Crippen LogP contribution in [-0.2, 0) is 4.74 Å². The van der Waals surface area contributed by atoms with Gasteiger partial charge in [0.25, 0.3) is 5.91 Å². The Balaban J connectivity index is 1.31. The monoisotopic (exact) mass is 422 g/mol. The highest BCUT2D eigenvalue weighted by atomic mass is 16.5. The summed E-state index contributed by atoms with van der Waals surface area (Å²) in [4.78, 5) is 26.1. The molecule has 9 heteroatoms. The highest BCUT2D eigenvalue weighted by molar-refractivity contribution is 5.94. The van der Waals surface area contributed by atoms with Crippen molar-refractivity contribution in [3.05, 3.63) is 42.4 Å². The average Bonchev–Trinajstić information content (AvgIpc) is 3.28. The summed E-state index contributed by atoms with van der Waals surface area (Å²) in [6.45, 7) is 4.43. The quantitative estimate of drug-likeness (QED) is 0.637. The minimum absolute atomic E-state index is 0.0413. The van der Waals surface area contributed by atoms with Gasteiger partial charge in [-0.25, -0.2) is 14.6 Å². The molecule has 0 atom stereocenters. The maximum atomic E-state index is 12.9. The van der Waals surface area contributed by atoms with E-state index in [2.05, 4.69) is 20.0 Å². The zero-order valence-electron chi connectivity index (χ0n) is 17.6. The van der Waals surface area contributed by atoms with Gasteiger partial charge in [0, 0.05) is 31.7 Å². The number of methoxy groups -OCH3 is 1. The van der Waals surface area contributed by atoms with E-state index >= 15 is 0 Å². The minimum Gasteiger partial charge on any atom is -0.497 e. The molecule has 2 saturated heterocycles. The fourth-order valence-corrected chi connectivity index (χ4v) is 4.40. The van der Waals surface area contributed by atoms with Crippen molar-refractivity contribution in [3.8, 4) is 5.75 Å². The first-order valence-electron chi connectivity index (χ1n) is 10.7. The third kappa shape index (κ3) is 3.81. The van der Waals surface area contributed by atoms with Crippen LogP contribution in [0.25, 0.3) is 11.0 Å². The van der Waals surface area contributed by atoms with Crippen LogP contribution in [0.4, 0.5) is 5.82 Å². The third-order valence-electron chi connectivity index (χ3n) is 6.09. The second-order valence-corrected chi connectivity index (χ2v) is 7.88. The Labute approximate surface area is 180 Å². The molecule has 0 N–H and O–H groups in total. The molecule has 4 heterocycles. The molecule has 0 bridgehead atoms. The summed E-state index contributed by atoms with van der Waals surface area (Å²) in [5.74, 6) is 1.66. The van der Waals surface area contributed by atoms with Crippen molar-refractivity contribution in [2.75, 3.05) is 51.4 Å². The van der Waals surface area contributed by atoms with Crippen molar-refractivity contribution in [1.82, 2.24) is 24.6 Å². The van der Waals surface area contributed by atoms with E-state index in [1.54, 1.807) is 19.5 Å². The van der Waals surface area contributed by atoms with Crippen LogP contribution in [-0.4, -0.2) is 77.1 Å². The summed E-state index contributed by atoms with van der Waals surface area (Å²) in [6.07, 6.45) is 5.16. The van der Waals surface area contributed by atoms with Crippen molar-refractivity contribution in [2.24, 2.45) is 0 Å². The smallest absolute Gasteiger partial charge is 0.253 e. The van der Waals surface area contributed by atoms with Gasteiger partial charge in [-0.3, -0.25) is 4.79 Å². The van der Waals surface area contributed by atoms with Crippen molar-refractivity contribution >= 4 is 22.8 Å². The number of carbonyl (C=O) groups excluding carboxylic acids is 1. The largest absolute Gasteiger partial charge is 0.497 e. The van der Waals surface area contributed by atoms with Gasteiger partial charge in [-0.2, -0.15) is 5.10 Å². The fraction of sp³-hybridized carbons (Fsp3) is 0.455. The fourth-order valence-electron chi connectivity index (χ4n) is 4.40. The highest BCUT2D eigenvalue weighted by Crippen LogP contribution is 2.29. The average molecular weight is 422 g/mol. The van der Waals surface area contributed by atoms with Crippen LogP contribution in [0.5, 0.6) is 5.75 Å². The summed E-state index contributed by atoms with van der Waals surface area (Å²) in [6, 6.07) is 7.53. The molecule has 2 aromatic heterocycles. The van der Waals surface area contributed by atoms with E-state index in [9.17, 15) is 4.79 Å². The van der Waals surface area contributed by atoms with Gasteiger partial charge in [0.15, 0.2) is 5.65 Å². The molecule has 1 amide bonds. The molecular weight excluding hydrogens is 396 g/mol. The first-order chi connectivity index (χ1) is 15.2. The predicted octanol–water partition coefficient (Wildman–Crippen LogP) is 2.15. The van der Waals surface area contributed by atoms with E-state index in [1.165, 1.54) is 0 Å². The lowest BCUT2D eigenvalue weighted by Crippen LogP contribution is -2.39. The lowest BCUT2D eigenvalue weighted by molar-refractivity contribution is 0.0691. The Morgan fingerprint density at radius 2 is 1.94 bits per heavy atom. The number of hydrogen-bond donors (Lipinski definition) is 0. The summed E-state index contributed by atoms with van der Waals surface area (Å²) in [5, 5.41) is 5.63. The van der Waals surface area contributed by atoms with E-state index in [4.69, 9.17) is 9.47 Å². The molecule has 0 unspecified atom stereocenters. The van der Waals surface area contributed by atoms with Crippen molar-refractivity contribution in [2.45, 2.75) is 18.9 Å².